The molecule has 0 atom stereocenters. The maximum Gasteiger partial charge on any atom is 0.258 e. The number of nitrogens with two attached hydrogens (primary N) is 1. The molecule has 2 N–H and O–H groups in total. The number of hydrogen-bond donors (Lipinski definition) is 1. The zero-order valence-electron chi connectivity index (χ0n) is 11.3. The third-order valence-corrected chi connectivity index (χ3v) is 3.63. The van der Waals surface area contributed by atoms with Gasteiger partial charge in [-0.05, 0) is 36.8 Å². The molecule has 0 unspecified atom stereocenters. The average Bonchev–Trinajstić information content (AvgIpc) is 2.92. The van der Waals surface area contributed by atoms with E-state index in [9.17, 15) is 4.79 Å². The summed E-state index contributed by atoms with van der Waals surface area (Å²) < 4.78 is 5.17. The zero-order chi connectivity index (χ0) is 14.1. The van der Waals surface area contributed by atoms with Crippen LogP contribution in [0.5, 0.6) is 5.75 Å². The molecule has 1 aliphatic rings. The summed E-state index contributed by atoms with van der Waals surface area (Å²) in [6, 6.07) is 12.9. The van der Waals surface area contributed by atoms with Crippen LogP contribution in [0.3, 0.4) is 0 Å². The Morgan fingerprint density at radius 3 is 2.85 bits per heavy atom. The number of methoxy groups -OCH3 is 1. The second-order valence-electron chi connectivity index (χ2n) is 4.78. The Labute approximate surface area is 117 Å². The van der Waals surface area contributed by atoms with E-state index < -0.39 is 0 Å². The van der Waals surface area contributed by atoms with Crippen molar-refractivity contribution in [2.24, 2.45) is 0 Å². The molecule has 1 heterocycles. The van der Waals surface area contributed by atoms with Gasteiger partial charge in [0.15, 0.2) is 0 Å². The SMILES string of the molecule is COc1cccc(C(=O)N2CCc3c(N)cccc32)c1. The van der Waals surface area contributed by atoms with Gasteiger partial charge in [-0.25, -0.2) is 0 Å². The topological polar surface area (TPSA) is 55.6 Å². The molecule has 20 heavy (non-hydrogen) atoms. The number of carbonyl (C=O) groups is 1. The van der Waals surface area contributed by atoms with Gasteiger partial charge in [0.2, 0.25) is 0 Å². The molecule has 0 fully saturated rings. The zero-order valence-corrected chi connectivity index (χ0v) is 11.3. The Hall–Kier alpha value is -2.49. The summed E-state index contributed by atoms with van der Waals surface area (Å²) >= 11 is 0. The number of fused-ring (bicyclic) bond motifs is 1. The van der Waals surface area contributed by atoms with Gasteiger partial charge >= 0.3 is 0 Å². The molecule has 2 aromatic rings. The third-order valence-electron chi connectivity index (χ3n) is 3.63. The van der Waals surface area contributed by atoms with Crippen LogP contribution in [0.25, 0.3) is 0 Å². The molecule has 0 aliphatic carbocycles. The van der Waals surface area contributed by atoms with Crippen LogP contribution in [0, 0.1) is 0 Å². The summed E-state index contributed by atoms with van der Waals surface area (Å²) in [5.41, 5.74) is 9.31. The molecule has 3 rings (SSSR count). The van der Waals surface area contributed by atoms with Crippen LogP contribution in [-0.4, -0.2) is 19.6 Å². The first-order chi connectivity index (χ1) is 9.70. The van der Waals surface area contributed by atoms with Crippen molar-refractivity contribution in [1.29, 1.82) is 0 Å². The molecule has 0 bridgehead atoms. The molecule has 0 spiro atoms. The van der Waals surface area contributed by atoms with Crippen LogP contribution in [0.2, 0.25) is 0 Å². The second kappa shape index (κ2) is 4.89. The highest BCUT2D eigenvalue weighted by molar-refractivity contribution is 6.07. The summed E-state index contributed by atoms with van der Waals surface area (Å²) in [6.45, 7) is 0.666. The largest absolute Gasteiger partial charge is 0.497 e. The van der Waals surface area contributed by atoms with Gasteiger partial charge in [-0.2, -0.15) is 0 Å². The third kappa shape index (κ3) is 1.99. The van der Waals surface area contributed by atoms with Crippen molar-refractivity contribution in [3.63, 3.8) is 0 Å². The normalized spacial score (nSPS) is 13.2. The van der Waals surface area contributed by atoms with Crippen molar-refractivity contribution in [2.75, 3.05) is 24.3 Å². The maximum absolute atomic E-state index is 12.6. The monoisotopic (exact) mass is 268 g/mol. The van der Waals surface area contributed by atoms with E-state index in [1.165, 1.54) is 0 Å². The van der Waals surface area contributed by atoms with Gasteiger partial charge in [0.25, 0.3) is 5.91 Å². The van der Waals surface area contributed by atoms with Crippen LogP contribution in [0.15, 0.2) is 42.5 Å². The van der Waals surface area contributed by atoms with E-state index >= 15 is 0 Å². The highest BCUT2D eigenvalue weighted by atomic mass is 16.5. The van der Waals surface area contributed by atoms with Gasteiger partial charge in [0.05, 0.1) is 7.11 Å². The lowest BCUT2D eigenvalue weighted by atomic mass is 10.1. The molecule has 1 aliphatic heterocycles. The molecule has 0 saturated heterocycles. The smallest absolute Gasteiger partial charge is 0.258 e. The molecule has 0 radical (unpaired) electrons. The van der Waals surface area contributed by atoms with Crippen molar-refractivity contribution in [2.45, 2.75) is 6.42 Å². The predicted molar refractivity (Wildman–Crippen MR) is 79.2 cm³/mol. The number of ether oxygens (including phenoxy) is 1. The van der Waals surface area contributed by atoms with E-state index in [-0.39, 0.29) is 5.91 Å². The summed E-state index contributed by atoms with van der Waals surface area (Å²) in [5, 5.41) is 0. The molecule has 2 aromatic carbocycles. The second-order valence-corrected chi connectivity index (χ2v) is 4.78. The Balaban J connectivity index is 1.95. The minimum atomic E-state index is -0.0201. The predicted octanol–water partition coefficient (Wildman–Crippen LogP) is 2.48. The van der Waals surface area contributed by atoms with E-state index in [2.05, 4.69) is 0 Å². The average molecular weight is 268 g/mol. The fourth-order valence-electron chi connectivity index (χ4n) is 2.58. The Kier molecular flexibility index (Phi) is 3.06. The van der Waals surface area contributed by atoms with Crippen molar-refractivity contribution < 1.29 is 9.53 Å². The van der Waals surface area contributed by atoms with Crippen LogP contribution in [0.1, 0.15) is 15.9 Å². The maximum atomic E-state index is 12.6. The lowest BCUT2D eigenvalue weighted by Gasteiger charge is -2.18. The van der Waals surface area contributed by atoms with E-state index in [1.54, 1.807) is 24.1 Å². The summed E-state index contributed by atoms with van der Waals surface area (Å²) in [4.78, 5) is 14.4. The van der Waals surface area contributed by atoms with Crippen LogP contribution in [0.4, 0.5) is 11.4 Å². The fraction of sp³-hybridized carbons (Fsp3) is 0.188. The van der Waals surface area contributed by atoms with E-state index in [4.69, 9.17) is 10.5 Å². The molecule has 0 saturated carbocycles. The first kappa shape index (κ1) is 12.5. The van der Waals surface area contributed by atoms with Crippen molar-refractivity contribution >= 4 is 17.3 Å². The van der Waals surface area contributed by atoms with Gasteiger partial charge in [-0.3, -0.25) is 4.79 Å². The Bertz CT molecular complexity index is 667. The number of hydrogen-bond acceptors (Lipinski definition) is 3. The van der Waals surface area contributed by atoms with Crippen molar-refractivity contribution in [1.82, 2.24) is 0 Å². The molecule has 102 valence electrons. The number of nitrogen functional groups attached to an aromatic ring is 1. The number of carbonyl (C=O) groups excluding carboxylic acids is 1. The minimum absolute atomic E-state index is 0.0201. The number of benzene rings is 2. The number of rotatable bonds is 2. The van der Waals surface area contributed by atoms with Gasteiger partial charge in [0.1, 0.15) is 5.75 Å². The number of anilines is 2. The van der Waals surface area contributed by atoms with Gasteiger partial charge in [0, 0.05) is 29.0 Å². The van der Waals surface area contributed by atoms with Crippen LogP contribution < -0.4 is 15.4 Å². The molecule has 4 heteroatoms. The van der Waals surface area contributed by atoms with Gasteiger partial charge in [-0.15, -0.1) is 0 Å². The highest BCUT2D eigenvalue weighted by Gasteiger charge is 2.26. The summed E-state index contributed by atoms with van der Waals surface area (Å²) in [5.74, 6) is 0.663. The minimum Gasteiger partial charge on any atom is -0.497 e. The molecule has 1 amide bonds. The highest BCUT2D eigenvalue weighted by Crippen LogP contribution is 2.33. The van der Waals surface area contributed by atoms with Crippen molar-refractivity contribution in [3.8, 4) is 5.75 Å². The number of nitrogens with zero attached hydrogens (tertiary/aromatic N) is 1. The summed E-state index contributed by atoms with van der Waals surface area (Å²) in [7, 11) is 1.59. The first-order valence-corrected chi connectivity index (χ1v) is 6.54. The van der Waals surface area contributed by atoms with E-state index in [0.29, 0.717) is 17.9 Å². The Morgan fingerprint density at radius 2 is 2.05 bits per heavy atom. The summed E-state index contributed by atoms with van der Waals surface area (Å²) in [6.07, 6.45) is 0.803. The van der Waals surface area contributed by atoms with Crippen LogP contribution in [-0.2, 0) is 6.42 Å². The van der Waals surface area contributed by atoms with Gasteiger partial charge in [-0.1, -0.05) is 12.1 Å². The van der Waals surface area contributed by atoms with E-state index in [1.807, 2.05) is 30.3 Å². The Morgan fingerprint density at radius 1 is 1.25 bits per heavy atom. The fourth-order valence-corrected chi connectivity index (χ4v) is 2.58. The lowest BCUT2D eigenvalue weighted by molar-refractivity contribution is 0.0989. The van der Waals surface area contributed by atoms with Crippen LogP contribution >= 0.6 is 0 Å². The quantitative estimate of drug-likeness (QED) is 0.851. The molecular formula is C16H16N2O2. The van der Waals surface area contributed by atoms with E-state index in [0.717, 1.165) is 23.4 Å². The van der Waals surface area contributed by atoms with Crippen molar-refractivity contribution in [3.05, 3.63) is 53.6 Å². The first-order valence-electron chi connectivity index (χ1n) is 6.54. The molecule has 0 aromatic heterocycles. The molecular weight excluding hydrogens is 252 g/mol. The number of amides is 1. The molecule has 4 nitrogen and oxygen atoms in total. The lowest BCUT2D eigenvalue weighted by Crippen LogP contribution is -2.28. The standard InChI is InChI=1S/C16H16N2O2/c1-20-12-5-2-4-11(10-12)16(19)18-9-8-13-14(17)6-3-7-15(13)18/h2-7,10H,8-9,17H2,1H3. The van der Waals surface area contributed by atoms with Gasteiger partial charge < -0.3 is 15.4 Å².